The number of hydrogen-bond donors (Lipinski definition) is 0. The molecule has 3 aromatic rings. The Hall–Kier alpha value is -2.96. The van der Waals surface area contributed by atoms with Crippen molar-refractivity contribution in [2.24, 2.45) is 0 Å². The monoisotopic (exact) mass is 364 g/mol. The fraction of sp³-hybridized carbons (Fsp3) is 0.400. The minimum Gasteiger partial charge on any atom is -0.361 e. The molecule has 4 heterocycles. The number of carbonyl (C=O) groups is 1. The number of nitrogens with zero attached hydrogens (tertiary/aromatic N) is 6. The van der Waals surface area contributed by atoms with Crippen LogP contribution in [0.5, 0.6) is 0 Å². The number of amides is 1. The molecule has 0 unspecified atom stereocenters. The van der Waals surface area contributed by atoms with Crippen molar-refractivity contribution in [2.45, 2.75) is 32.2 Å². The summed E-state index contributed by atoms with van der Waals surface area (Å²) in [7, 11) is 3.99. The lowest BCUT2D eigenvalue weighted by molar-refractivity contribution is 0.0604. The molecule has 0 saturated carbocycles. The number of rotatable bonds is 3. The van der Waals surface area contributed by atoms with Gasteiger partial charge in [0.25, 0.3) is 5.91 Å². The molecule has 0 spiro atoms. The maximum absolute atomic E-state index is 13.2. The Kier molecular flexibility index (Phi) is 4.51. The van der Waals surface area contributed by atoms with Gasteiger partial charge in [-0.15, -0.1) is 0 Å². The zero-order valence-corrected chi connectivity index (χ0v) is 16.0. The van der Waals surface area contributed by atoms with E-state index < -0.39 is 0 Å². The standard InChI is InChI=1S/C20H24N6O/c1-14-15(11-21-13-22-14)20(27)26-10-5-4-7-17(26)16-12-25-9-6-8-18(25)19(23-16)24(2)3/h6,8-9,11-13,17H,4-5,7,10H2,1-3H3/t17-/m1/s1. The SMILES string of the molecule is Cc1ncncc1C(=O)N1CCCC[C@@H]1c1cn2cccc2c(N(C)C)n1. The van der Waals surface area contributed by atoms with Gasteiger partial charge in [0.1, 0.15) is 6.33 Å². The first-order chi connectivity index (χ1) is 13.1. The van der Waals surface area contributed by atoms with Crippen molar-refractivity contribution in [3.05, 3.63) is 54.0 Å². The summed E-state index contributed by atoms with van der Waals surface area (Å²) in [4.78, 5) is 30.3. The molecule has 1 aliphatic rings. The summed E-state index contributed by atoms with van der Waals surface area (Å²) in [6.45, 7) is 2.57. The highest BCUT2D eigenvalue weighted by molar-refractivity contribution is 5.95. The molecule has 1 fully saturated rings. The van der Waals surface area contributed by atoms with Gasteiger partial charge in [-0.05, 0) is 38.3 Å². The summed E-state index contributed by atoms with van der Waals surface area (Å²) in [6, 6.07) is 4.03. The molecule has 140 valence electrons. The number of aromatic nitrogens is 4. The summed E-state index contributed by atoms with van der Waals surface area (Å²) in [5.74, 6) is 0.897. The van der Waals surface area contributed by atoms with E-state index >= 15 is 0 Å². The molecule has 4 rings (SSSR count). The van der Waals surface area contributed by atoms with Crippen LogP contribution in [0.1, 0.15) is 47.1 Å². The van der Waals surface area contributed by atoms with Gasteiger partial charge in [-0.25, -0.2) is 15.0 Å². The summed E-state index contributed by atoms with van der Waals surface area (Å²) >= 11 is 0. The molecule has 0 aliphatic carbocycles. The Morgan fingerprint density at radius 3 is 2.93 bits per heavy atom. The molecular formula is C20H24N6O. The first-order valence-electron chi connectivity index (χ1n) is 9.29. The van der Waals surface area contributed by atoms with E-state index in [1.807, 2.05) is 49.3 Å². The minimum absolute atomic E-state index is 0.0152. The van der Waals surface area contributed by atoms with Crippen LogP contribution < -0.4 is 4.90 Å². The Balaban J connectivity index is 1.76. The molecule has 27 heavy (non-hydrogen) atoms. The third-order valence-corrected chi connectivity index (χ3v) is 5.18. The van der Waals surface area contributed by atoms with E-state index in [1.54, 1.807) is 6.20 Å². The van der Waals surface area contributed by atoms with E-state index in [0.717, 1.165) is 42.8 Å². The number of likely N-dealkylation sites (tertiary alicyclic amines) is 1. The third-order valence-electron chi connectivity index (χ3n) is 5.18. The predicted molar refractivity (Wildman–Crippen MR) is 104 cm³/mol. The third kappa shape index (κ3) is 3.13. The van der Waals surface area contributed by atoms with Gasteiger partial charge in [0.05, 0.1) is 28.5 Å². The van der Waals surface area contributed by atoms with Gasteiger partial charge < -0.3 is 14.2 Å². The van der Waals surface area contributed by atoms with Crippen LogP contribution in [0.15, 0.2) is 37.1 Å². The molecule has 0 N–H and O–H groups in total. The molecule has 7 heteroatoms. The van der Waals surface area contributed by atoms with Gasteiger partial charge in [-0.1, -0.05) is 0 Å². The van der Waals surface area contributed by atoms with E-state index in [-0.39, 0.29) is 11.9 Å². The molecule has 1 amide bonds. The molecule has 3 aromatic heterocycles. The summed E-state index contributed by atoms with van der Waals surface area (Å²) in [5.41, 5.74) is 3.26. The second-order valence-corrected chi connectivity index (χ2v) is 7.22. The van der Waals surface area contributed by atoms with Gasteiger partial charge in [-0.2, -0.15) is 0 Å². The van der Waals surface area contributed by atoms with Crippen LogP contribution in [0, 0.1) is 6.92 Å². The van der Waals surface area contributed by atoms with Crippen LogP contribution in [-0.2, 0) is 0 Å². The van der Waals surface area contributed by atoms with Crippen LogP contribution in [0.2, 0.25) is 0 Å². The molecule has 1 aliphatic heterocycles. The van der Waals surface area contributed by atoms with Gasteiger partial charge >= 0.3 is 0 Å². The second kappa shape index (κ2) is 6.98. The maximum atomic E-state index is 13.2. The molecule has 1 atom stereocenters. The van der Waals surface area contributed by atoms with Crippen molar-refractivity contribution in [1.82, 2.24) is 24.3 Å². The number of anilines is 1. The van der Waals surface area contributed by atoms with Crippen LogP contribution in [0.4, 0.5) is 5.82 Å². The molecule has 7 nitrogen and oxygen atoms in total. The Bertz CT molecular complexity index is 980. The van der Waals surface area contributed by atoms with Crippen molar-refractivity contribution in [2.75, 3.05) is 25.5 Å². The largest absolute Gasteiger partial charge is 0.361 e. The van der Waals surface area contributed by atoms with E-state index in [2.05, 4.69) is 20.4 Å². The lowest BCUT2D eigenvalue weighted by Crippen LogP contribution is -2.39. The van der Waals surface area contributed by atoms with Crippen molar-refractivity contribution in [3.8, 4) is 0 Å². The smallest absolute Gasteiger partial charge is 0.257 e. The quantitative estimate of drug-likeness (QED) is 0.715. The van der Waals surface area contributed by atoms with Gasteiger partial charge in [0, 0.05) is 39.2 Å². The number of piperidine rings is 1. The number of aryl methyl sites for hydroxylation is 1. The average molecular weight is 364 g/mol. The van der Waals surface area contributed by atoms with E-state index in [0.29, 0.717) is 11.3 Å². The second-order valence-electron chi connectivity index (χ2n) is 7.22. The zero-order chi connectivity index (χ0) is 19.0. The summed E-state index contributed by atoms with van der Waals surface area (Å²) in [5, 5.41) is 0. The van der Waals surface area contributed by atoms with Crippen molar-refractivity contribution < 1.29 is 4.79 Å². The Morgan fingerprint density at radius 1 is 1.30 bits per heavy atom. The normalized spacial score (nSPS) is 17.3. The van der Waals surface area contributed by atoms with Gasteiger partial charge in [0.2, 0.25) is 0 Å². The average Bonchev–Trinajstić information content (AvgIpc) is 3.15. The lowest BCUT2D eigenvalue weighted by Gasteiger charge is -2.36. The highest BCUT2D eigenvalue weighted by Crippen LogP contribution is 2.33. The van der Waals surface area contributed by atoms with E-state index in [9.17, 15) is 4.79 Å². The lowest BCUT2D eigenvalue weighted by atomic mass is 9.98. The zero-order valence-electron chi connectivity index (χ0n) is 16.0. The van der Waals surface area contributed by atoms with Crippen LogP contribution in [0.3, 0.4) is 0 Å². The number of fused-ring (bicyclic) bond motifs is 1. The van der Waals surface area contributed by atoms with Gasteiger partial charge in [-0.3, -0.25) is 4.79 Å². The van der Waals surface area contributed by atoms with Crippen LogP contribution in [-0.4, -0.2) is 50.8 Å². The predicted octanol–water partition coefficient (Wildman–Crippen LogP) is 2.87. The van der Waals surface area contributed by atoms with Gasteiger partial charge in [0.15, 0.2) is 5.82 Å². The number of carbonyl (C=O) groups excluding carboxylic acids is 1. The fourth-order valence-electron chi connectivity index (χ4n) is 3.77. The topological polar surface area (TPSA) is 66.6 Å². The maximum Gasteiger partial charge on any atom is 0.257 e. The van der Waals surface area contributed by atoms with Crippen molar-refractivity contribution in [3.63, 3.8) is 0 Å². The fourth-order valence-corrected chi connectivity index (χ4v) is 3.77. The first kappa shape index (κ1) is 17.5. The van der Waals surface area contributed by atoms with Crippen molar-refractivity contribution in [1.29, 1.82) is 0 Å². The minimum atomic E-state index is -0.0450. The van der Waals surface area contributed by atoms with Crippen molar-refractivity contribution >= 4 is 17.2 Å². The number of hydrogen-bond acceptors (Lipinski definition) is 5. The first-order valence-corrected chi connectivity index (χ1v) is 9.29. The van der Waals surface area contributed by atoms with E-state index in [4.69, 9.17) is 4.98 Å². The molecule has 0 radical (unpaired) electrons. The van der Waals surface area contributed by atoms with Crippen LogP contribution >= 0.6 is 0 Å². The molecule has 0 bridgehead atoms. The highest BCUT2D eigenvalue weighted by atomic mass is 16.2. The molecular weight excluding hydrogens is 340 g/mol. The summed E-state index contributed by atoms with van der Waals surface area (Å²) in [6.07, 6.45) is 10.2. The highest BCUT2D eigenvalue weighted by Gasteiger charge is 2.31. The Labute approximate surface area is 158 Å². The molecule has 0 aromatic carbocycles. The molecule has 1 saturated heterocycles. The Morgan fingerprint density at radius 2 is 2.15 bits per heavy atom. The summed E-state index contributed by atoms with van der Waals surface area (Å²) < 4.78 is 2.09. The van der Waals surface area contributed by atoms with Crippen LogP contribution in [0.25, 0.3) is 5.52 Å². The van der Waals surface area contributed by atoms with E-state index in [1.165, 1.54) is 6.33 Å².